The number of hydrogen-bond donors (Lipinski definition) is 1. The van der Waals surface area contributed by atoms with Crippen LogP contribution in [0.3, 0.4) is 0 Å². The predicted molar refractivity (Wildman–Crippen MR) is 92.4 cm³/mol. The lowest BCUT2D eigenvalue weighted by atomic mass is 10.1. The molecular weight excluding hydrogens is 369 g/mol. The molecule has 1 N–H and O–H groups in total. The van der Waals surface area contributed by atoms with Crippen molar-refractivity contribution in [2.45, 2.75) is 0 Å². The van der Waals surface area contributed by atoms with Gasteiger partial charge in [-0.25, -0.2) is 9.67 Å². The molecule has 0 saturated carbocycles. The van der Waals surface area contributed by atoms with E-state index in [1.165, 1.54) is 29.5 Å². The zero-order valence-electron chi connectivity index (χ0n) is 12.4. The maximum atomic E-state index is 12.5. The van der Waals surface area contributed by atoms with E-state index in [-0.39, 0.29) is 16.3 Å². The van der Waals surface area contributed by atoms with Crippen molar-refractivity contribution < 1.29 is 9.72 Å². The summed E-state index contributed by atoms with van der Waals surface area (Å²) >= 11 is 12.2. The van der Waals surface area contributed by atoms with Crippen LogP contribution in [0.25, 0.3) is 5.69 Å². The van der Waals surface area contributed by atoms with Crippen molar-refractivity contribution in [1.82, 2.24) is 14.8 Å². The van der Waals surface area contributed by atoms with Gasteiger partial charge in [0.25, 0.3) is 11.6 Å². The van der Waals surface area contributed by atoms with Gasteiger partial charge in [-0.1, -0.05) is 29.3 Å². The lowest BCUT2D eigenvalue weighted by molar-refractivity contribution is -0.384. The first-order valence-electron chi connectivity index (χ1n) is 6.86. The second kappa shape index (κ2) is 6.88. The van der Waals surface area contributed by atoms with Crippen LogP contribution in [0.5, 0.6) is 0 Å². The van der Waals surface area contributed by atoms with Gasteiger partial charge in [-0.2, -0.15) is 5.10 Å². The average molecular weight is 378 g/mol. The molecule has 10 heteroatoms. The molecule has 1 amide bonds. The van der Waals surface area contributed by atoms with Crippen molar-refractivity contribution in [2.24, 2.45) is 0 Å². The molecule has 0 fully saturated rings. The van der Waals surface area contributed by atoms with Crippen LogP contribution >= 0.6 is 23.2 Å². The van der Waals surface area contributed by atoms with Gasteiger partial charge in [0.2, 0.25) is 0 Å². The van der Waals surface area contributed by atoms with E-state index < -0.39 is 10.8 Å². The normalized spacial score (nSPS) is 10.5. The summed E-state index contributed by atoms with van der Waals surface area (Å²) in [6.07, 6.45) is 2.75. The Labute approximate surface area is 151 Å². The predicted octanol–water partition coefficient (Wildman–Crippen LogP) is 3.73. The van der Waals surface area contributed by atoms with Crippen LogP contribution in [0.4, 0.5) is 11.4 Å². The van der Waals surface area contributed by atoms with Gasteiger partial charge in [0, 0.05) is 12.1 Å². The summed E-state index contributed by atoms with van der Waals surface area (Å²) in [4.78, 5) is 26.7. The number of benzene rings is 2. The molecule has 126 valence electrons. The smallest absolute Gasteiger partial charge is 0.270 e. The topological polar surface area (TPSA) is 103 Å². The molecule has 1 heterocycles. The first-order valence-corrected chi connectivity index (χ1v) is 7.62. The van der Waals surface area contributed by atoms with Crippen LogP contribution in [0.1, 0.15) is 10.4 Å². The van der Waals surface area contributed by atoms with Gasteiger partial charge >= 0.3 is 0 Å². The summed E-state index contributed by atoms with van der Waals surface area (Å²) in [5, 5.41) is 18.0. The quantitative estimate of drug-likeness (QED) is 0.550. The van der Waals surface area contributed by atoms with E-state index in [0.717, 1.165) is 6.07 Å². The molecule has 0 unspecified atom stereocenters. The van der Waals surface area contributed by atoms with E-state index >= 15 is 0 Å². The average Bonchev–Trinajstić information content (AvgIpc) is 3.09. The minimum absolute atomic E-state index is 0.0274. The summed E-state index contributed by atoms with van der Waals surface area (Å²) in [6.45, 7) is 0. The number of nitro groups is 1. The molecule has 25 heavy (non-hydrogen) atoms. The molecule has 3 rings (SSSR count). The number of aromatic nitrogens is 3. The highest BCUT2D eigenvalue weighted by molar-refractivity contribution is 6.35. The van der Waals surface area contributed by atoms with Gasteiger partial charge < -0.3 is 5.32 Å². The van der Waals surface area contributed by atoms with Gasteiger partial charge in [0.1, 0.15) is 18.3 Å². The standard InChI is InChI=1S/C15H9Cl2N5O3/c16-11-5-4-9(22(24)25)6-10(11)15(23)20-13-3-1-2-12(17)14(13)21-8-18-7-19-21/h1-8H,(H,20,23). The highest BCUT2D eigenvalue weighted by Crippen LogP contribution is 2.29. The lowest BCUT2D eigenvalue weighted by Gasteiger charge is -2.12. The Morgan fingerprint density at radius 2 is 2.00 bits per heavy atom. The Kier molecular flexibility index (Phi) is 4.64. The number of rotatable bonds is 4. The number of non-ortho nitro benzene ring substituents is 1. The number of anilines is 1. The largest absolute Gasteiger partial charge is 0.320 e. The number of carbonyl (C=O) groups is 1. The Morgan fingerprint density at radius 3 is 2.68 bits per heavy atom. The number of nitro benzene ring substituents is 1. The number of para-hydroxylation sites is 1. The number of carbonyl (C=O) groups excluding carboxylic acids is 1. The lowest BCUT2D eigenvalue weighted by Crippen LogP contribution is -2.15. The van der Waals surface area contributed by atoms with E-state index in [1.54, 1.807) is 18.2 Å². The second-order valence-electron chi connectivity index (χ2n) is 4.85. The highest BCUT2D eigenvalue weighted by Gasteiger charge is 2.18. The maximum Gasteiger partial charge on any atom is 0.270 e. The molecule has 0 aliphatic heterocycles. The summed E-state index contributed by atoms with van der Waals surface area (Å²) in [5.41, 5.74) is 0.500. The third kappa shape index (κ3) is 3.44. The fourth-order valence-corrected chi connectivity index (χ4v) is 2.63. The molecule has 2 aromatic carbocycles. The number of nitrogens with zero attached hydrogens (tertiary/aromatic N) is 4. The number of hydrogen-bond acceptors (Lipinski definition) is 5. The number of nitrogens with one attached hydrogen (secondary N) is 1. The van der Waals surface area contributed by atoms with Crippen molar-refractivity contribution in [3.05, 3.63) is 74.8 Å². The maximum absolute atomic E-state index is 12.5. The first-order chi connectivity index (χ1) is 12.0. The Hall–Kier alpha value is -2.97. The Bertz CT molecular complexity index is 960. The van der Waals surface area contributed by atoms with Crippen molar-refractivity contribution in [3.8, 4) is 5.69 Å². The van der Waals surface area contributed by atoms with Crippen LogP contribution in [-0.2, 0) is 0 Å². The van der Waals surface area contributed by atoms with Gasteiger partial charge in [0.05, 0.1) is 26.2 Å². The minimum atomic E-state index is -0.614. The first kappa shape index (κ1) is 16.9. The summed E-state index contributed by atoms with van der Waals surface area (Å²) in [6, 6.07) is 8.52. The summed E-state index contributed by atoms with van der Waals surface area (Å²) in [7, 11) is 0. The Morgan fingerprint density at radius 1 is 1.20 bits per heavy atom. The molecule has 0 radical (unpaired) electrons. The summed E-state index contributed by atoms with van der Waals surface area (Å²) in [5.74, 6) is -0.614. The van der Waals surface area contributed by atoms with E-state index in [2.05, 4.69) is 15.4 Å². The van der Waals surface area contributed by atoms with E-state index in [4.69, 9.17) is 23.2 Å². The zero-order valence-corrected chi connectivity index (χ0v) is 13.9. The third-order valence-corrected chi connectivity index (χ3v) is 3.92. The van der Waals surface area contributed by atoms with E-state index in [0.29, 0.717) is 16.4 Å². The van der Waals surface area contributed by atoms with Gasteiger partial charge in [-0.15, -0.1) is 0 Å². The number of halogens is 2. The fraction of sp³-hybridized carbons (Fsp3) is 0. The van der Waals surface area contributed by atoms with Crippen LogP contribution in [0, 0.1) is 10.1 Å². The molecule has 0 aliphatic carbocycles. The van der Waals surface area contributed by atoms with Gasteiger partial charge in [-0.05, 0) is 18.2 Å². The summed E-state index contributed by atoms with van der Waals surface area (Å²) < 4.78 is 1.40. The third-order valence-electron chi connectivity index (χ3n) is 3.29. The molecule has 1 aromatic heterocycles. The molecule has 3 aromatic rings. The van der Waals surface area contributed by atoms with Crippen LogP contribution in [0.15, 0.2) is 49.1 Å². The highest BCUT2D eigenvalue weighted by atomic mass is 35.5. The molecule has 0 atom stereocenters. The zero-order chi connectivity index (χ0) is 18.0. The van der Waals surface area contributed by atoms with Crippen LogP contribution in [-0.4, -0.2) is 25.6 Å². The monoisotopic (exact) mass is 377 g/mol. The minimum Gasteiger partial charge on any atom is -0.320 e. The van der Waals surface area contributed by atoms with Crippen molar-refractivity contribution in [1.29, 1.82) is 0 Å². The van der Waals surface area contributed by atoms with Gasteiger partial charge in [0.15, 0.2) is 0 Å². The van der Waals surface area contributed by atoms with Crippen molar-refractivity contribution >= 4 is 40.5 Å². The fourth-order valence-electron chi connectivity index (χ4n) is 2.16. The SMILES string of the molecule is O=C(Nc1cccc(Cl)c1-n1cncn1)c1cc([N+](=O)[O-])ccc1Cl. The molecule has 0 aliphatic rings. The van der Waals surface area contributed by atoms with Crippen molar-refractivity contribution in [2.75, 3.05) is 5.32 Å². The van der Waals surface area contributed by atoms with E-state index in [1.807, 2.05) is 0 Å². The Balaban J connectivity index is 1.99. The van der Waals surface area contributed by atoms with Gasteiger partial charge in [-0.3, -0.25) is 14.9 Å². The molecule has 0 bridgehead atoms. The van der Waals surface area contributed by atoms with Crippen molar-refractivity contribution in [3.63, 3.8) is 0 Å². The molecule has 0 saturated heterocycles. The van der Waals surface area contributed by atoms with E-state index in [9.17, 15) is 14.9 Å². The molecule has 0 spiro atoms. The molecule has 8 nitrogen and oxygen atoms in total. The van der Waals surface area contributed by atoms with Crippen LogP contribution in [0.2, 0.25) is 10.0 Å². The number of amides is 1. The molecular formula is C15H9Cl2N5O3. The van der Waals surface area contributed by atoms with Crippen LogP contribution < -0.4 is 5.32 Å². The second-order valence-corrected chi connectivity index (χ2v) is 5.67.